The molecule has 1 fully saturated rings. The van der Waals surface area contributed by atoms with Crippen LogP contribution in [0.4, 0.5) is 4.39 Å². The van der Waals surface area contributed by atoms with Gasteiger partial charge in [-0.2, -0.15) is 0 Å². The monoisotopic (exact) mass is 293 g/mol. The van der Waals surface area contributed by atoms with E-state index in [1.807, 2.05) is 0 Å². The van der Waals surface area contributed by atoms with E-state index >= 15 is 0 Å². The van der Waals surface area contributed by atoms with Gasteiger partial charge in [-0.05, 0) is 37.7 Å². The summed E-state index contributed by atoms with van der Waals surface area (Å²) in [5.41, 5.74) is 0.0176. The zero-order valence-corrected chi connectivity index (χ0v) is 12.1. The minimum atomic E-state index is -0.613. The molecule has 1 aromatic rings. The van der Waals surface area contributed by atoms with Gasteiger partial charge in [-0.1, -0.05) is 0 Å². The van der Waals surface area contributed by atoms with Crippen LogP contribution in [-0.4, -0.2) is 30.4 Å². The topological polar surface area (TPSA) is 71.1 Å². The van der Waals surface area contributed by atoms with Crippen LogP contribution in [0.1, 0.15) is 36.0 Å². The number of nitrogens with one attached hydrogen (secondary N) is 2. The van der Waals surface area contributed by atoms with E-state index in [2.05, 4.69) is 15.6 Å². The smallest absolute Gasteiger partial charge is 0.254 e. The van der Waals surface area contributed by atoms with Crippen LogP contribution in [0, 0.1) is 17.7 Å². The second-order valence-corrected chi connectivity index (χ2v) is 5.40. The fourth-order valence-corrected chi connectivity index (χ4v) is 2.72. The van der Waals surface area contributed by atoms with E-state index in [9.17, 15) is 14.0 Å². The summed E-state index contributed by atoms with van der Waals surface area (Å²) in [5, 5.41) is 5.43. The second-order valence-electron chi connectivity index (χ2n) is 5.40. The van der Waals surface area contributed by atoms with Crippen molar-refractivity contribution in [3.05, 3.63) is 29.8 Å². The number of halogens is 1. The molecule has 0 bridgehead atoms. The standard InChI is InChI=1S/C15H20FN3O2/c1-17-14(20)11-4-2-10(3-5-11)8-19-15(21)12-6-7-18-9-13(12)16/h6-7,9-11H,2-5,8H2,1H3,(H,17,20)(H,19,21). The van der Waals surface area contributed by atoms with Crippen LogP contribution in [0.2, 0.25) is 0 Å². The average molecular weight is 293 g/mol. The summed E-state index contributed by atoms with van der Waals surface area (Å²) >= 11 is 0. The lowest BCUT2D eigenvalue weighted by atomic mass is 9.81. The molecular formula is C15H20FN3O2. The Labute approximate surface area is 123 Å². The third-order valence-electron chi connectivity index (χ3n) is 4.03. The van der Waals surface area contributed by atoms with E-state index in [0.29, 0.717) is 12.5 Å². The van der Waals surface area contributed by atoms with Gasteiger partial charge in [0.2, 0.25) is 5.91 Å². The van der Waals surface area contributed by atoms with Gasteiger partial charge in [0.1, 0.15) is 0 Å². The summed E-state index contributed by atoms with van der Waals surface area (Å²) in [7, 11) is 1.65. The van der Waals surface area contributed by atoms with Crippen molar-refractivity contribution < 1.29 is 14.0 Å². The zero-order chi connectivity index (χ0) is 15.2. The Bertz CT molecular complexity index is 513. The highest BCUT2D eigenvalue weighted by Crippen LogP contribution is 2.28. The number of nitrogens with zero attached hydrogens (tertiary/aromatic N) is 1. The number of rotatable bonds is 4. The largest absolute Gasteiger partial charge is 0.359 e. The maximum Gasteiger partial charge on any atom is 0.254 e. The van der Waals surface area contributed by atoms with E-state index in [-0.39, 0.29) is 17.4 Å². The minimum absolute atomic E-state index is 0.0176. The summed E-state index contributed by atoms with van der Waals surface area (Å²) in [5.74, 6) is -0.502. The third-order valence-corrected chi connectivity index (χ3v) is 4.03. The van der Waals surface area contributed by atoms with Crippen molar-refractivity contribution in [3.8, 4) is 0 Å². The molecule has 114 valence electrons. The van der Waals surface area contributed by atoms with Crippen molar-refractivity contribution in [2.45, 2.75) is 25.7 Å². The summed E-state index contributed by atoms with van der Waals surface area (Å²) in [6, 6.07) is 1.37. The molecule has 21 heavy (non-hydrogen) atoms. The van der Waals surface area contributed by atoms with Crippen LogP contribution >= 0.6 is 0 Å². The lowest BCUT2D eigenvalue weighted by Gasteiger charge is -2.27. The van der Waals surface area contributed by atoms with Crippen molar-refractivity contribution >= 4 is 11.8 Å². The Hall–Kier alpha value is -1.98. The first kappa shape index (κ1) is 15.4. The highest BCUT2D eigenvalue weighted by Gasteiger charge is 2.26. The van der Waals surface area contributed by atoms with E-state index in [0.717, 1.165) is 31.9 Å². The zero-order valence-electron chi connectivity index (χ0n) is 12.1. The van der Waals surface area contributed by atoms with Gasteiger partial charge in [-0.3, -0.25) is 14.6 Å². The number of hydrogen-bond acceptors (Lipinski definition) is 3. The Morgan fingerprint density at radius 1 is 1.33 bits per heavy atom. The molecule has 0 radical (unpaired) electrons. The summed E-state index contributed by atoms with van der Waals surface area (Å²) in [4.78, 5) is 27.0. The minimum Gasteiger partial charge on any atom is -0.359 e. The molecule has 0 saturated heterocycles. The molecular weight excluding hydrogens is 273 g/mol. The van der Waals surface area contributed by atoms with E-state index < -0.39 is 11.7 Å². The second kappa shape index (κ2) is 7.15. The van der Waals surface area contributed by atoms with E-state index in [1.54, 1.807) is 7.05 Å². The Morgan fingerprint density at radius 3 is 2.67 bits per heavy atom. The van der Waals surface area contributed by atoms with Gasteiger partial charge >= 0.3 is 0 Å². The molecule has 0 aliphatic heterocycles. The van der Waals surface area contributed by atoms with Gasteiger partial charge in [-0.25, -0.2) is 4.39 Å². The fraction of sp³-hybridized carbons (Fsp3) is 0.533. The number of pyridine rings is 1. The van der Waals surface area contributed by atoms with Crippen molar-refractivity contribution in [2.24, 2.45) is 11.8 Å². The first-order valence-electron chi connectivity index (χ1n) is 7.21. The van der Waals surface area contributed by atoms with Crippen LogP contribution in [0.15, 0.2) is 18.5 Å². The lowest BCUT2D eigenvalue weighted by molar-refractivity contribution is -0.125. The molecule has 1 heterocycles. The molecule has 1 aliphatic carbocycles. The summed E-state index contributed by atoms with van der Waals surface area (Å²) < 4.78 is 13.4. The molecule has 1 aromatic heterocycles. The van der Waals surface area contributed by atoms with E-state index in [1.165, 1.54) is 12.3 Å². The van der Waals surface area contributed by atoms with Gasteiger partial charge in [0.05, 0.1) is 11.8 Å². The van der Waals surface area contributed by atoms with Gasteiger partial charge in [-0.15, -0.1) is 0 Å². The van der Waals surface area contributed by atoms with Crippen molar-refractivity contribution in [3.63, 3.8) is 0 Å². The summed E-state index contributed by atoms with van der Waals surface area (Å²) in [6.07, 6.45) is 5.90. The lowest BCUT2D eigenvalue weighted by Crippen LogP contribution is -2.35. The number of carbonyl (C=O) groups excluding carboxylic acids is 2. The molecule has 0 spiro atoms. The molecule has 5 nitrogen and oxygen atoms in total. The first-order chi connectivity index (χ1) is 10.1. The van der Waals surface area contributed by atoms with Gasteiger partial charge in [0.25, 0.3) is 5.91 Å². The Morgan fingerprint density at radius 2 is 2.05 bits per heavy atom. The molecule has 0 aromatic carbocycles. The predicted molar refractivity (Wildman–Crippen MR) is 76.0 cm³/mol. The van der Waals surface area contributed by atoms with Crippen LogP contribution < -0.4 is 10.6 Å². The Kier molecular flexibility index (Phi) is 5.25. The molecule has 0 unspecified atom stereocenters. The highest BCUT2D eigenvalue weighted by atomic mass is 19.1. The molecule has 6 heteroatoms. The third kappa shape index (κ3) is 4.00. The molecule has 1 saturated carbocycles. The van der Waals surface area contributed by atoms with E-state index in [4.69, 9.17) is 0 Å². The van der Waals surface area contributed by atoms with Gasteiger partial charge in [0.15, 0.2) is 5.82 Å². The fourth-order valence-electron chi connectivity index (χ4n) is 2.72. The maximum atomic E-state index is 13.4. The quantitative estimate of drug-likeness (QED) is 0.884. The van der Waals surface area contributed by atoms with Gasteiger partial charge in [0, 0.05) is 25.7 Å². The molecule has 2 N–H and O–H groups in total. The normalized spacial score (nSPS) is 21.6. The van der Waals surface area contributed by atoms with Crippen LogP contribution in [0.3, 0.4) is 0 Å². The number of aromatic nitrogens is 1. The van der Waals surface area contributed by atoms with Crippen LogP contribution in [0.25, 0.3) is 0 Å². The summed E-state index contributed by atoms with van der Waals surface area (Å²) in [6.45, 7) is 0.515. The Balaban J connectivity index is 1.79. The average Bonchev–Trinajstić information content (AvgIpc) is 2.52. The molecule has 0 atom stereocenters. The maximum absolute atomic E-state index is 13.4. The molecule has 1 aliphatic rings. The van der Waals surface area contributed by atoms with Crippen molar-refractivity contribution in [2.75, 3.05) is 13.6 Å². The predicted octanol–water partition coefficient (Wildman–Crippen LogP) is 1.50. The highest BCUT2D eigenvalue weighted by molar-refractivity contribution is 5.94. The van der Waals surface area contributed by atoms with Crippen LogP contribution in [-0.2, 0) is 4.79 Å². The molecule has 2 rings (SSSR count). The van der Waals surface area contributed by atoms with Crippen LogP contribution in [0.5, 0.6) is 0 Å². The SMILES string of the molecule is CNC(=O)C1CCC(CNC(=O)c2ccncc2F)CC1. The molecule has 2 amide bonds. The number of amides is 2. The van der Waals surface area contributed by atoms with Gasteiger partial charge < -0.3 is 10.6 Å². The first-order valence-corrected chi connectivity index (χ1v) is 7.21. The number of carbonyl (C=O) groups is 2. The van der Waals surface area contributed by atoms with Crippen molar-refractivity contribution in [1.82, 2.24) is 15.6 Å². The number of hydrogen-bond donors (Lipinski definition) is 2. The van der Waals surface area contributed by atoms with Crippen molar-refractivity contribution in [1.29, 1.82) is 0 Å².